The fourth-order valence-corrected chi connectivity index (χ4v) is 3.31. The first kappa shape index (κ1) is 19.2. The number of anilines is 1. The molecule has 142 valence electrons. The molecule has 0 fully saturated rings. The highest BCUT2D eigenvalue weighted by atomic mass is 32.1. The quantitative estimate of drug-likeness (QED) is 0.497. The van der Waals surface area contributed by atoms with Gasteiger partial charge in [0.2, 0.25) is 5.88 Å². The zero-order valence-electron chi connectivity index (χ0n) is 15.5. The highest BCUT2D eigenvalue weighted by Crippen LogP contribution is 2.28. The molecule has 0 aromatic carbocycles. The minimum atomic E-state index is -0.103. The van der Waals surface area contributed by atoms with Crippen LogP contribution in [0.5, 0.6) is 11.9 Å². The molecule has 28 heavy (non-hydrogen) atoms. The summed E-state index contributed by atoms with van der Waals surface area (Å²) in [4.78, 5) is 22.9. The third-order valence-corrected chi connectivity index (χ3v) is 4.89. The molecule has 10 heteroatoms. The molecule has 0 aliphatic carbocycles. The van der Waals surface area contributed by atoms with Gasteiger partial charge in [0.05, 0.1) is 22.9 Å². The van der Waals surface area contributed by atoms with Gasteiger partial charge in [0.25, 0.3) is 0 Å². The number of nitrogen functional groups attached to an aromatic ring is 1. The zero-order valence-corrected chi connectivity index (χ0v) is 16.3. The molecule has 0 aliphatic rings. The number of ether oxygens (including phenoxy) is 1. The van der Waals surface area contributed by atoms with Gasteiger partial charge in [-0.1, -0.05) is 5.16 Å². The number of hydrogen-bond acceptors (Lipinski definition) is 10. The minimum absolute atomic E-state index is 0.0309. The number of aromatic nitrogens is 4. The molecule has 0 unspecified atom stereocenters. The minimum Gasteiger partial charge on any atom is -0.477 e. The van der Waals surface area contributed by atoms with Gasteiger partial charge in [-0.3, -0.25) is 4.98 Å². The van der Waals surface area contributed by atoms with Gasteiger partial charge in [0.1, 0.15) is 11.1 Å². The molecule has 0 bridgehead atoms. The lowest BCUT2D eigenvalue weighted by molar-refractivity contribution is 0.289. The van der Waals surface area contributed by atoms with Crippen LogP contribution in [0.2, 0.25) is 0 Å². The van der Waals surface area contributed by atoms with Gasteiger partial charge in [-0.15, -0.1) is 11.3 Å². The predicted molar refractivity (Wildman–Crippen MR) is 105 cm³/mol. The normalized spacial score (nSPS) is 11.1. The maximum absolute atomic E-state index is 9.14. The van der Waals surface area contributed by atoms with Crippen molar-refractivity contribution in [3.8, 4) is 28.5 Å². The molecule has 9 nitrogen and oxygen atoms in total. The summed E-state index contributed by atoms with van der Waals surface area (Å²) in [6.45, 7) is 5.79. The van der Waals surface area contributed by atoms with Gasteiger partial charge in [-0.25, -0.2) is 4.98 Å². The topological polar surface area (TPSA) is 132 Å². The third-order valence-electron chi connectivity index (χ3n) is 3.57. The van der Waals surface area contributed by atoms with E-state index in [0.717, 1.165) is 21.1 Å². The van der Waals surface area contributed by atoms with Gasteiger partial charge >= 0.3 is 6.01 Å². The lowest BCUT2D eigenvalue weighted by Gasteiger charge is -2.07. The van der Waals surface area contributed by atoms with Gasteiger partial charge in [-0.05, 0) is 32.9 Å². The molecule has 0 saturated heterocycles. The highest BCUT2D eigenvalue weighted by Gasteiger charge is 2.16. The Labute approximate surface area is 165 Å². The standard InChI is InChI=1S/C18H17N7O2S/c1-4-26-16-13(8-19)15(20)23-18(24-16)27-25-11(3)14-10(2)22-17(28-14)12-6-5-7-21-9-12/h5-7,9H,4H2,1-3H3,(H2,20,23,24)/b25-11+. The van der Waals surface area contributed by atoms with Crippen LogP contribution in [0.25, 0.3) is 10.6 Å². The number of thiazole rings is 1. The highest BCUT2D eigenvalue weighted by molar-refractivity contribution is 7.17. The van der Waals surface area contributed by atoms with Crippen LogP contribution in [0.1, 0.15) is 30.0 Å². The Morgan fingerprint density at radius 3 is 2.86 bits per heavy atom. The van der Waals surface area contributed by atoms with E-state index in [-0.39, 0.29) is 23.3 Å². The molecule has 3 heterocycles. The first-order valence-electron chi connectivity index (χ1n) is 8.33. The van der Waals surface area contributed by atoms with Gasteiger partial charge in [0, 0.05) is 18.0 Å². The number of oxime groups is 1. The first-order valence-corrected chi connectivity index (χ1v) is 9.15. The van der Waals surface area contributed by atoms with E-state index in [2.05, 4.69) is 25.1 Å². The Hall–Kier alpha value is -3.58. The smallest absolute Gasteiger partial charge is 0.350 e. The summed E-state index contributed by atoms with van der Waals surface area (Å²) in [5.74, 6) is 0.0322. The SMILES string of the molecule is CCOc1nc(O/N=C(\C)c2sc(-c3cccnc3)nc2C)nc(N)c1C#N. The van der Waals surface area contributed by atoms with Crippen molar-refractivity contribution in [2.24, 2.45) is 5.16 Å². The van der Waals surface area contributed by atoms with E-state index in [1.165, 1.54) is 11.3 Å². The molecule has 0 atom stereocenters. The average molecular weight is 395 g/mol. The van der Waals surface area contributed by atoms with Crippen molar-refractivity contribution in [3.05, 3.63) is 40.7 Å². The van der Waals surface area contributed by atoms with Crippen LogP contribution in [-0.4, -0.2) is 32.3 Å². The lowest BCUT2D eigenvalue weighted by atomic mass is 10.3. The van der Waals surface area contributed by atoms with Crippen LogP contribution < -0.4 is 15.3 Å². The molecule has 0 saturated carbocycles. The van der Waals surface area contributed by atoms with Crippen LogP contribution in [-0.2, 0) is 0 Å². The Morgan fingerprint density at radius 1 is 1.36 bits per heavy atom. The van der Waals surface area contributed by atoms with E-state index in [1.807, 2.05) is 25.1 Å². The van der Waals surface area contributed by atoms with Gasteiger partial charge < -0.3 is 15.3 Å². The Balaban J connectivity index is 1.86. The predicted octanol–water partition coefficient (Wildman–Crippen LogP) is 2.96. The van der Waals surface area contributed by atoms with Crippen molar-refractivity contribution in [2.45, 2.75) is 20.8 Å². The number of hydrogen-bond donors (Lipinski definition) is 1. The van der Waals surface area contributed by atoms with Crippen molar-refractivity contribution in [2.75, 3.05) is 12.3 Å². The molecule has 3 aromatic heterocycles. The van der Waals surface area contributed by atoms with E-state index in [0.29, 0.717) is 12.3 Å². The van der Waals surface area contributed by atoms with E-state index in [1.54, 1.807) is 26.2 Å². The molecule has 3 rings (SSSR count). The Morgan fingerprint density at radius 2 is 2.18 bits per heavy atom. The van der Waals surface area contributed by atoms with Crippen molar-refractivity contribution in [1.82, 2.24) is 19.9 Å². The molecule has 3 aromatic rings. The van der Waals surface area contributed by atoms with Crippen molar-refractivity contribution in [3.63, 3.8) is 0 Å². The molecule has 0 amide bonds. The van der Waals surface area contributed by atoms with Crippen molar-refractivity contribution < 1.29 is 9.57 Å². The summed E-state index contributed by atoms with van der Waals surface area (Å²) in [6.07, 6.45) is 3.47. The van der Waals surface area contributed by atoms with Gasteiger partial charge in [-0.2, -0.15) is 15.2 Å². The third kappa shape index (κ3) is 4.05. The van der Waals surface area contributed by atoms with Crippen molar-refractivity contribution >= 4 is 22.9 Å². The second-order valence-corrected chi connectivity index (χ2v) is 6.56. The van der Waals surface area contributed by atoms with Crippen LogP contribution in [0.3, 0.4) is 0 Å². The number of nitriles is 1. The summed E-state index contributed by atoms with van der Waals surface area (Å²) in [7, 11) is 0. The van der Waals surface area contributed by atoms with Crippen LogP contribution >= 0.6 is 11.3 Å². The van der Waals surface area contributed by atoms with Crippen LogP contribution in [0.15, 0.2) is 29.7 Å². The first-order chi connectivity index (χ1) is 13.5. The number of nitrogens with two attached hydrogens (primary N) is 1. The molecule has 0 aliphatic heterocycles. The number of nitrogens with zero attached hydrogens (tertiary/aromatic N) is 6. The van der Waals surface area contributed by atoms with E-state index < -0.39 is 0 Å². The monoisotopic (exact) mass is 395 g/mol. The zero-order chi connectivity index (χ0) is 20.1. The number of aryl methyl sites for hydroxylation is 1. The van der Waals surface area contributed by atoms with E-state index in [4.69, 9.17) is 20.6 Å². The summed E-state index contributed by atoms with van der Waals surface area (Å²) < 4.78 is 5.32. The fraction of sp³-hybridized carbons (Fsp3) is 0.222. The molecular weight excluding hydrogens is 378 g/mol. The molecule has 0 spiro atoms. The van der Waals surface area contributed by atoms with Gasteiger partial charge in [0.15, 0.2) is 11.4 Å². The summed E-state index contributed by atoms with van der Waals surface area (Å²) in [5, 5.41) is 14.1. The van der Waals surface area contributed by atoms with Crippen molar-refractivity contribution in [1.29, 1.82) is 5.26 Å². The fourth-order valence-electron chi connectivity index (χ4n) is 2.32. The molecule has 0 radical (unpaired) electrons. The van der Waals surface area contributed by atoms with E-state index in [9.17, 15) is 0 Å². The maximum atomic E-state index is 9.14. The van der Waals surface area contributed by atoms with Crippen LogP contribution in [0.4, 0.5) is 5.82 Å². The Kier molecular flexibility index (Phi) is 5.76. The second-order valence-electron chi connectivity index (χ2n) is 5.56. The summed E-state index contributed by atoms with van der Waals surface area (Å²) in [5.41, 5.74) is 8.20. The molecule has 2 N–H and O–H groups in total. The second kappa shape index (κ2) is 8.41. The largest absolute Gasteiger partial charge is 0.477 e. The maximum Gasteiger partial charge on any atom is 0.350 e. The molecular formula is C18H17N7O2S. The summed E-state index contributed by atoms with van der Waals surface area (Å²) >= 11 is 1.48. The van der Waals surface area contributed by atoms with Crippen LogP contribution in [0, 0.1) is 18.3 Å². The summed E-state index contributed by atoms with van der Waals surface area (Å²) in [6, 6.07) is 5.62. The average Bonchev–Trinajstić information content (AvgIpc) is 3.09. The number of pyridine rings is 1. The van der Waals surface area contributed by atoms with E-state index >= 15 is 0 Å². The Bertz CT molecular complexity index is 1060. The number of rotatable bonds is 6. The lowest BCUT2D eigenvalue weighted by Crippen LogP contribution is -2.06.